The molecule has 3 N–H and O–H groups in total. The molecule has 9 heteroatoms. The molecule has 3 heterocycles. The molecular formula is C28H31N5O3S. The summed E-state index contributed by atoms with van der Waals surface area (Å²) in [6.45, 7) is 4.15. The lowest BCUT2D eigenvalue weighted by atomic mass is 10.0. The molecule has 0 saturated carbocycles. The maximum atomic E-state index is 13.3. The second kappa shape index (κ2) is 11.2. The van der Waals surface area contributed by atoms with Gasteiger partial charge in [0.25, 0.3) is 5.91 Å². The number of hydrogen-bond donors (Lipinski definition) is 3. The number of nitrogens with one attached hydrogen (secondary N) is 1. The molecule has 0 spiro atoms. The molecule has 192 valence electrons. The van der Waals surface area contributed by atoms with Crippen LogP contribution in [0.1, 0.15) is 22.2 Å². The van der Waals surface area contributed by atoms with Crippen LogP contribution in [0.3, 0.4) is 0 Å². The number of fused-ring (bicyclic) bond motifs is 1. The zero-order valence-electron chi connectivity index (χ0n) is 20.8. The molecule has 1 saturated heterocycles. The van der Waals surface area contributed by atoms with Gasteiger partial charge >= 0.3 is 0 Å². The summed E-state index contributed by atoms with van der Waals surface area (Å²) in [5, 5.41) is 23.0. The first-order valence-corrected chi connectivity index (χ1v) is 13.4. The van der Waals surface area contributed by atoms with Crippen molar-refractivity contribution in [3.05, 3.63) is 71.1 Å². The topological polar surface area (TPSA) is 102 Å². The molecule has 0 atom stereocenters. The molecule has 1 fully saturated rings. The minimum atomic E-state index is -0.531. The standard InChI is InChI=1S/C28H31N5O3S/c1-2-23-16-24-25(30-28(31-26(24)37-23)29-22(17-34)18-35)32-11-13-33(14-12-32)27(36)21-10-6-9-20(15-21)19-7-4-3-5-8-19/h3-10,15-16,22,34-35H,2,11-14,17-18H2,1H3,(H,29,30,31). The van der Waals surface area contributed by atoms with Crippen LogP contribution < -0.4 is 10.2 Å². The summed E-state index contributed by atoms with van der Waals surface area (Å²) in [4.78, 5) is 28.9. The van der Waals surface area contributed by atoms with E-state index in [1.807, 2.05) is 59.5 Å². The van der Waals surface area contributed by atoms with Crippen molar-refractivity contribution >= 4 is 39.2 Å². The van der Waals surface area contributed by atoms with Gasteiger partial charge < -0.3 is 25.3 Å². The Kier molecular flexibility index (Phi) is 7.64. The van der Waals surface area contributed by atoms with Crippen LogP contribution in [-0.2, 0) is 6.42 Å². The van der Waals surface area contributed by atoms with E-state index in [4.69, 9.17) is 4.98 Å². The fourth-order valence-electron chi connectivity index (χ4n) is 4.53. The van der Waals surface area contributed by atoms with Gasteiger partial charge in [-0.05, 0) is 35.7 Å². The van der Waals surface area contributed by atoms with E-state index in [0.717, 1.165) is 33.6 Å². The Morgan fingerprint density at radius 3 is 2.41 bits per heavy atom. The Hall–Kier alpha value is -3.53. The normalized spacial score (nSPS) is 13.9. The summed E-state index contributed by atoms with van der Waals surface area (Å²) in [6.07, 6.45) is 0.906. The lowest BCUT2D eigenvalue weighted by Gasteiger charge is -2.36. The van der Waals surface area contributed by atoms with E-state index >= 15 is 0 Å². The maximum Gasteiger partial charge on any atom is 0.253 e. The molecule has 2 aromatic carbocycles. The number of anilines is 2. The maximum absolute atomic E-state index is 13.3. The van der Waals surface area contributed by atoms with E-state index in [1.165, 1.54) is 4.88 Å². The first-order chi connectivity index (χ1) is 18.1. The lowest BCUT2D eigenvalue weighted by molar-refractivity contribution is 0.0746. The quantitative estimate of drug-likeness (QED) is 0.328. The summed E-state index contributed by atoms with van der Waals surface area (Å²) >= 11 is 1.63. The SMILES string of the molecule is CCc1cc2c(N3CCN(C(=O)c4cccc(-c5ccccc5)c4)CC3)nc(NC(CO)CO)nc2s1. The van der Waals surface area contributed by atoms with E-state index in [0.29, 0.717) is 37.7 Å². The molecule has 0 radical (unpaired) electrons. The van der Waals surface area contributed by atoms with Crippen LogP contribution in [0.15, 0.2) is 60.7 Å². The third-order valence-corrected chi connectivity index (χ3v) is 7.80. The first-order valence-electron chi connectivity index (χ1n) is 12.6. The second-order valence-electron chi connectivity index (χ2n) is 9.09. The van der Waals surface area contributed by atoms with Crippen molar-refractivity contribution < 1.29 is 15.0 Å². The fraction of sp³-hybridized carbons (Fsp3) is 0.321. The molecule has 4 aromatic rings. The Labute approximate surface area is 220 Å². The van der Waals surface area contributed by atoms with Crippen molar-refractivity contribution in [2.24, 2.45) is 0 Å². The molecule has 0 bridgehead atoms. The van der Waals surface area contributed by atoms with Crippen molar-refractivity contribution in [1.82, 2.24) is 14.9 Å². The van der Waals surface area contributed by atoms with Crippen LogP contribution in [0.25, 0.3) is 21.3 Å². The number of carbonyl (C=O) groups is 1. The Morgan fingerprint density at radius 2 is 1.70 bits per heavy atom. The highest BCUT2D eigenvalue weighted by Crippen LogP contribution is 2.33. The summed E-state index contributed by atoms with van der Waals surface area (Å²) in [5.74, 6) is 1.23. The number of aromatic nitrogens is 2. The highest BCUT2D eigenvalue weighted by molar-refractivity contribution is 7.18. The van der Waals surface area contributed by atoms with Crippen LogP contribution >= 0.6 is 11.3 Å². The minimum absolute atomic E-state index is 0.0326. The average molecular weight is 518 g/mol. The van der Waals surface area contributed by atoms with Crippen LogP contribution in [0.5, 0.6) is 0 Å². The number of nitrogens with zero attached hydrogens (tertiary/aromatic N) is 4. The number of amides is 1. The molecule has 0 aliphatic carbocycles. The van der Waals surface area contributed by atoms with Gasteiger partial charge in [0.1, 0.15) is 10.6 Å². The fourth-order valence-corrected chi connectivity index (χ4v) is 5.50. The average Bonchev–Trinajstić information content (AvgIpc) is 3.39. The highest BCUT2D eigenvalue weighted by Gasteiger charge is 2.26. The van der Waals surface area contributed by atoms with Gasteiger partial charge in [-0.25, -0.2) is 4.98 Å². The molecule has 1 aliphatic rings. The van der Waals surface area contributed by atoms with Gasteiger partial charge in [-0.2, -0.15) is 4.98 Å². The number of hydrogen-bond acceptors (Lipinski definition) is 8. The number of aliphatic hydroxyl groups is 2. The van der Waals surface area contributed by atoms with Crippen LogP contribution in [0, 0.1) is 0 Å². The molecule has 1 aliphatic heterocycles. The third kappa shape index (κ3) is 5.44. The van der Waals surface area contributed by atoms with Gasteiger partial charge in [0.15, 0.2) is 0 Å². The molecule has 37 heavy (non-hydrogen) atoms. The Morgan fingerprint density at radius 1 is 0.973 bits per heavy atom. The summed E-state index contributed by atoms with van der Waals surface area (Å²) < 4.78 is 0. The number of aliphatic hydroxyl groups excluding tert-OH is 2. The summed E-state index contributed by atoms with van der Waals surface area (Å²) in [5.41, 5.74) is 2.81. The predicted molar refractivity (Wildman–Crippen MR) is 148 cm³/mol. The van der Waals surface area contributed by atoms with Gasteiger partial charge in [-0.1, -0.05) is 49.4 Å². The second-order valence-corrected chi connectivity index (χ2v) is 10.2. The zero-order valence-corrected chi connectivity index (χ0v) is 21.6. The van der Waals surface area contributed by atoms with E-state index in [9.17, 15) is 15.0 Å². The minimum Gasteiger partial charge on any atom is -0.394 e. The molecule has 1 amide bonds. The largest absolute Gasteiger partial charge is 0.394 e. The van der Waals surface area contributed by atoms with E-state index in [2.05, 4.69) is 28.2 Å². The van der Waals surface area contributed by atoms with Crippen molar-refractivity contribution in [3.8, 4) is 11.1 Å². The van der Waals surface area contributed by atoms with Crippen molar-refractivity contribution in [2.45, 2.75) is 19.4 Å². The highest BCUT2D eigenvalue weighted by atomic mass is 32.1. The number of thiophene rings is 1. The van der Waals surface area contributed by atoms with Gasteiger partial charge in [0.05, 0.1) is 24.6 Å². The number of benzene rings is 2. The lowest BCUT2D eigenvalue weighted by Crippen LogP contribution is -2.49. The molecule has 0 unspecified atom stereocenters. The van der Waals surface area contributed by atoms with Crippen LogP contribution in [0.2, 0.25) is 0 Å². The van der Waals surface area contributed by atoms with Crippen molar-refractivity contribution in [2.75, 3.05) is 49.6 Å². The van der Waals surface area contributed by atoms with Gasteiger partial charge in [-0.3, -0.25) is 4.79 Å². The summed E-state index contributed by atoms with van der Waals surface area (Å²) in [6, 6.07) is 19.5. The number of carbonyl (C=O) groups excluding carboxylic acids is 1. The monoisotopic (exact) mass is 517 g/mol. The number of rotatable bonds is 8. The van der Waals surface area contributed by atoms with Crippen LogP contribution in [-0.4, -0.2) is 76.4 Å². The van der Waals surface area contributed by atoms with Gasteiger partial charge in [-0.15, -0.1) is 11.3 Å². The molecule has 2 aromatic heterocycles. The molecule has 8 nitrogen and oxygen atoms in total. The Bertz CT molecular complexity index is 1370. The first kappa shape index (κ1) is 25.1. The van der Waals surface area contributed by atoms with Gasteiger partial charge in [0.2, 0.25) is 5.95 Å². The molecular weight excluding hydrogens is 486 g/mol. The number of aryl methyl sites for hydroxylation is 1. The van der Waals surface area contributed by atoms with E-state index in [-0.39, 0.29) is 19.1 Å². The predicted octanol–water partition coefficient (Wildman–Crippen LogP) is 3.65. The smallest absolute Gasteiger partial charge is 0.253 e. The van der Waals surface area contributed by atoms with Gasteiger partial charge in [0, 0.05) is 36.6 Å². The number of piperazine rings is 1. The third-order valence-electron chi connectivity index (χ3n) is 6.63. The zero-order chi connectivity index (χ0) is 25.8. The van der Waals surface area contributed by atoms with E-state index in [1.54, 1.807) is 11.3 Å². The van der Waals surface area contributed by atoms with E-state index < -0.39 is 6.04 Å². The Balaban J connectivity index is 1.34. The van der Waals surface area contributed by atoms with Crippen molar-refractivity contribution in [1.29, 1.82) is 0 Å². The summed E-state index contributed by atoms with van der Waals surface area (Å²) in [7, 11) is 0. The van der Waals surface area contributed by atoms with Crippen LogP contribution in [0.4, 0.5) is 11.8 Å². The van der Waals surface area contributed by atoms with Crippen molar-refractivity contribution in [3.63, 3.8) is 0 Å². The molecule has 5 rings (SSSR count).